The van der Waals surface area contributed by atoms with Crippen molar-refractivity contribution in [3.8, 4) is 6.07 Å². The van der Waals surface area contributed by atoms with Gasteiger partial charge in [0.05, 0.1) is 24.1 Å². The summed E-state index contributed by atoms with van der Waals surface area (Å²) < 4.78 is 2.94. The largest absolute Gasteiger partial charge is 0.368 e. The monoisotopic (exact) mass is 408 g/mol. The molecule has 0 spiro atoms. The first-order valence-corrected chi connectivity index (χ1v) is 9.32. The van der Waals surface area contributed by atoms with Crippen LogP contribution in [0.25, 0.3) is 11.3 Å². The van der Waals surface area contributed by atoms with E-state index in [1.807, 2.05) is 31.2 Å². The topological polar surface area (TPSA) is 127 Å². The summed E-state index contributed by atoms with van der Waals surface area (Å²) in [7, 11) is 0. The maximum atomic E-state index is 13.3. The first kappa shape index (κ1) is 18.7. The van der Waals surface area contributed by atoms with E-state index in [1.54, 1.807) is 10.6 Å². The van der Waals surface area contributed by atoms with E-state index in [1.165, 1.54) is 16.8 Å². The molecule has 1 aliphatic rings. The average Bonchev–Trinajstić information content (AvgIpc) is 3.09. The predicted octanol–water partition coefficient (Wildman–Crippen LogP) is 2.76. The Morgan fingerprint density at radius 1 is 1.34 bits per heavy atom. The molecule has 29 heavy (non-hydrogen) atoms. The molecule has 0 bridgehead atoms. The molecular formula is C19H17ClN8O. The summed E-state index contributed by atoms with van der Waals surface area (Å²) >= 11 is 6.17. The van der Waals surface area contributed by atoms with Gasteiger partial charge in [0.15, 0.2) is 0 Å². The van der Waals surface area contributed by atoms with Gasteiger partial charge in [0, 0.05) is 11.8 Å². The number of hydrogen-bond donors (Lipinski definition) is 2. The maximum Gasteiger partial charge on any atom is 0.339 e. The molecular weight excluding hydrogens is 392 g/mol. The summed E-state index contributed by atoms with van der Waals surface area (Å²) in [5.41, 5.74) is 7.42. The Hall–Kier alpha value is -3.64. The van der Waals surface area contributed by atoms with Crippen molar-refractivity contribution in [2.24, 2.45) is 0 Å². The van der Waals surface area contributed by atoms with Crippen LogP contribution in [0.15, 0.2) is 41.5 Å². The number of nitrogens with zero attached hydrogens (tertiary/aromatic N) is 6. The predicted molar refractivity (Wildman–Crippen MR) is 110 cm³/mol. The van der Waals surface area contributed by atoms with Crippen molar-refractivity contribution >= 4 is 34.7 Å². The van der Waals surface area contributed by atoms with Crippen LogP contribution in [0, 0.1) is 11.3 Å². The molecule has 146 valence electrons. The fraction of sp³-hybridized carbons (Fsp3) is 0.211. The molecule has 4 rings (SSSR count). The summed E-state index contributed by atoms with van der Waals surface area (Å²) in [4.78, 5) is 25.4. The van der Waals surface area contributed by atoms with Crippen molar-refractivity contribution in [1.29, 1.82) is 5.26 Å². The van der Waals surface area contributed by atoms with Gasteiger partial charge in [-0.3, -0.25) is 4.57 Å². The van der Waals surface area contributed by atoms with E-state index in [4.69, 9.17) is 17.3 Å². The van der Waals surface area contributed by atoms with E-state index in [-0.39, 0.29) is 22.4 Å². The van der Waals surface area contributed by atoms with Gasteiger partial charge in [0.25, 0.3) is 0 Å². The van der Waals surface area contributed by atoms with Crippen molar-refractivity contribution in [1.82, 2.24) is 23.9 Å². The number of halogens is 1. The minimum absolute atomic E-state index is 0.0458. The SMILES string of the molecule is C[C@@H](Nc1nc(N)ncc1C#N)c1cc2ncc(Cl)n2c(=O)n1C1=CCCC=C1. The van der Waals surface area contributed by atoms with E-state index < -0.39 is 6.04 Å². The highest BCUT2D eigenvalue weighted by molar-refractivity contribution is 6.29. The molecule has 3 heterocycles. The average molecular weight is 409 g/mol. The molecule has 3 aromatic heterocycles. The second-order valence-electron chi connectivity index (χ2n) is 6.54. The summed E-state index contributed by atoms with van der Waals surface area (Å²) in [6, 6.07) is 3.41. The standard InChI is InChI=1S/C19H17ClN8O/c1-11(25-17-12(8-21)9-24-18(22)26-17)14-7-16-23-10-15(20)28(16)19(29)27(14)13-5-3-2-4-6-13/h3,5-7,9-11H,2,4H2,1H3,(H3,22,24,25,26)/t11-/m1/s1. The number of nitriles is 1. The van der Waals surface area contributed by atoms with E-state index in [2.05, 4.69) is 20.3 Å². The van der Waals surface area contributed by atoms with Crippen LogP contribution < -0.4 is 16.7 Å². The zero-order valence-electron chi connectivity index (χ0n) is 15.5. The molecule has 0 saturated heterocycles. The number of fused-ring (bicyclic) bond motifs is 1. The number of hydrogen-bond acceptors (Lipinski definition) is 7. The minimum Gasteiger partial charge on any atom is -0.368 e. The highest BCUT2D eigenvalue weighted by Gasteiger charge is 2.20. The first-order valence-electron chi connectivity index (χ1n) is 8.94. The summed E-state index contributed by atoms with van der Waals surface area (Å²) in [5.74, 6) is 0.338. The Bertz CT molecular complexity index is 1260. The molecule has 0 radical (unpaired) electrons. The van der Waals surface area contributed by atoms with Crippen LogP contribution >= 0.6 is 11.6 Å². The molecule has 0 aliphatic heterocycles. The number of rotatable bonds is 4. The number of imidazole rings is 1. The lowest BCUT2D eigenvalue weighted by atomic mass is 10.1. The van der Waals surface area contributed by atoms with Crippen LogP contribution in [0.4, 0.5) is 11.8 Å². The summed E-state index contributed by atoms with van der Waals surface area (Å²) in [6.45, 7) is 1.86. The van der Waals surface area contributed by atoms with E-state index in [0.29, 0.717) is 17.2 Å². The molecule has 1 aliphatic carbocycles. The molecule has 0 saturated carbocycles. The summed E-state index contributed by atoms with van der Waals surface area (Å²) in [6.07, 6.45) is 10.5. The Morgan fingerprint density at radius 2 is 2.17 bits per heavy atom. The minimum atomic E-state index is -0.402. The van der Waals surface area contributed by atoms with Gasteiger partial charge in [-0.25, -0.2) is 19.2 Å². The quantitative estimate of drug-likeness (QED) is 0.679. The molecule has 9 nitrogen and oxygen atoms in total. The number of nitrogens with one attached hydrogen (secondary N) is 1. The van der Waals surface area contributed by atoms with Crippen LogP contribution in [0.2, 0.25) is 5.15 Å². The van der Waals surface area contributed by atoms with E-state index in [9.17, 15) is 10.1 Å². The van der Waals surface area contributed by atoms with Gasteiger partial charge in [-0.05, 0) is 25.8 Å². The lowest BCUT2D eigenvalue weighted by Crippen LogP contribution is -2.31. The van der Waals surface area contributed by atoms with E-state index in [0.717, 1.165) is 18.5 Å². The smallest absolute Gasteiger partial charge is 0.339 e. The van der Waals surface area contributed by atoms with Crippen LogP contribution in [0.3, 0.4) is 0 Å². The third-order valence-corrected chi connectivity index (χ3v) is 4.89. The highest BCUT2D eigenvalue weighted by Crippen LogP contribution is 2.25. The van der Waals surface area contributed by atoms with Crippen molar-refractivity contribution < 1.29 is 0 Å². The zero-order valence-corrected chi connectivity index (χ0v) is 16.3. The Morgan fingerprint density at radius 3 is 2.90 bits per heavy atom. The maximum absolute atomic E-state index is 13.3. The van der Waals surface area contributed by atoms with Gasteiger partial charge in [-0.15, -0.1) is 0 Å². The fourth-order valence-electron chi connectivity index (χ4n) is 3.25. The van der Waals surface area contributed by atoms with Gasteiger partial charge in [-0.2, -0.15) is 10.2 Å². The number of anilines is 2. The molecule has 0 aromatic carbocycles. The van der Waals surface area contributed by atoms with Crippen LogP contribution in [-0.4, -0.2) is 23.9 Å². The van der Waals surface area contributed by atoms with Crippen molar-refractivity contribution in [2.45, 2.75) is 25.8 Å². The zero-order chi connectivity index (χ0) is 20.5. The third kappa shape index (κ3) is 3.34. The van der Waals surface area contributed by atoms with Gasteiger partial charge >= 0.3 is 5.69 Å². The van der Waals surface area contributed by atoms with Crippen molar-refractivity contribution in [3.05, 3.63) is 63.6 Å². The number of allylic oxidation sites excluding steroid dienone is 4. The second kappa shape index (κ2) is 7.41. The summed E-state index contributed by atoms with van der Waals surface area (Å²) in [5, 5.41) is 12.7. The normalized spacial score (nSPS) is 14.4. The second-order valence-corrected chi connectivity index (χ2v) is 6.93. The molecule has 0 amide bonds. The van der Waals surface area contributed by atoms with Crippen LogP contribution in [0.5, 0.6) is 0 Å². The Labute approximate surface area is 170 Å². The third-order valence-electron chi connectivity index (χ3n) is 4.62. The molecule has 1 atom stereocenters. The molecule has 10 heteroatoms. The van der Waals surface area contributed by atoms with Gasteiger partial charge < -0.3 is 11.1 Å². The number of aromatic nitrogens is 5. The Kier molecular flexibility index (Phi) is 4.78. The molecule has 3 N–H and O–H groups in total. The van der Waals surface area contributed by atoms with Crippen molar-refractivity contribution in [3.63, 3.8) is 0 Å². The number of nitrogens with two attached hydrogens (primary N) is 1. The highest BCUT2D eigenvalue weighted by atomic mass is 35.5. The number of nitrogen functional groups attached to an aromatic ring is 1. The van der Waals surface area contributed by atoms with E-state index >= 15 is 0 Å². The van der Waals surface area contributed by atoms with Crippen molar-refractivity contribution in [2.75, 3.05) is 11.1 Å². The molecule has 0 unspecified atom stereocenters. The van der Waals surface area contributed by atoms with Gasteiger partial charge in [0.1, 0.15) is 28.3 Å². The molecule has 3 aromatic rings. The lowest BCUT2D eigenvalue weighted by Gasteiger charge is -2.22. The Balaban J connectivity index is 1.88. The van der Waals surface area contributed by atoms with Gasteiger partial charge in [-0.1, -0.05) is 23.8 Å². The first-order chi connectivity index (χ1) is 14.0. The van der Waals surface area contributed by atoms with Gasteiger partial charge in [0.2, 0.25) is 5.95 Å². The fourth-order valence-corrected chi connectivity index (χ4v) is 3.46. The molecule has 0 fully saturated rings. The van der Waals surface area contributed by atoms with Crippen LogP contribution in [0.1, 0.15) is 37.1 Å². The van der Waals surface area contributed by atoms with Crippen LogP contribution in [-0.2, 0) is 0 Å². The lowest BCUT2D eigenvalue weighted by molar-refractivity contribution is 0.746.